The second-order valence-electron chi connectivity index (χ2n) is 12.0. The quantitative estimate of drug-likeness (QED) is 0.243. The fraction of sp³-hybridized carbons (Fsp3) is 0.371. The molecule has 1 unspecified atom stereocenters. The summed E-state index contributed by atoms with van der Waals surface area (Å²) < 4.78 is 3.60. The van der Waals surface area contributed by atoms with Gasteiger partial charge in [-0.2, -0.15) is 0 Å². The first kappa shape index (κ1) is 29.6. The number of aryl methyl sites for hydroxylation is 3. The number of benzene rings is 3. The molecule has 9 heteroatoms. The zero-order valence-corrected chi connectivity index (χ0v) is 25.9. The van der Waals surface area contributed by atoms with Gasteiger partial charge in [0.15, 0.2) is 0 Å². The lowest BCUT2D eigenvalue weighted by atomic mass is 10.1. The minimum absolute atomic E-state index is 0.00309. The Balaban J connectivity index is 1.05. The molecule has 1 amide bonds. The van der Waals surface area contributed by atoms with Crippen molar-refractivity contribution in [3.8, 4) is 0 Å². The molecule has 0 spiro atoms. The van der Waals surface area contributed by atoms with E-state index in [1.807, 2.05) is 59.9 Å². The molecule has 1 N–H and O–H groups in total. The topological polar surface area (TPSA) is 87.8 Å². The highest BCUT2D eigenvalue weighted by atomic mass is 16.1. The summed E-state index contributed by atoms with van der Waals surface area (Å²) in [4.78, 5) is 31.3. The number of carbonyl (C=O) groups is 1. The molecular formula is C35H41N7O2. The molecule has 0 radical (unpaired) electrons. The smallest absolute Gasteiger partial charge is 0.263 e. The van der Waals surface area contributed by atoms with E-state index >= 15 is 0 Å². The number of nitrogens with zero attached hydrogens (tertiary/aromatic N) is 6. The maximum absolute atomic E-state index is 13.5. The second-order valence-corrected chi connectivity index (χ2v) is 12.0. The van der Waals surface area contributed by atoms with Crippen molar-refractivity contribution in [3.05, 3.63) is 106 Å². The lowest BCUT2D eigenvalue weighted by Crippen LogP contribution is -2.52. The number of rotatable bonds is 10. The summed E-state index contributed by atoms with van der Waals surface area (Å²) in [5, 5.41) is 12.5. The van der Waals surface area contributed by atoms with Gasteiger partial charge in [-0.25, -0.2) is 0 Å². The lowest BCUT2D eigenvalue weighted by Gasteiger charge is -2.41. The minimum atomic E-state index is -0.101. The molecule has 0 saturated carbocycles. The van der Waals surface area contributed by atoms with Gasteiger partial charge in [0.25, 0.3) is 5.56 Å². The molecule has 3 aromatic carbocycles. The molecule has 228 valence electrons. The van der Waals surface area contributed by atoms with Crippen LogP contribution in [0.25, 0.3) is 16.7 Å². The number of amides is 1. The van der Waals surface area contributed by atoms with Crippen molar-refractivity contribution in [1.82, 2.24) is 29.4 Å². The van der Waals surface area contributed by atoms with Crippen molar-refractivity contribution in [1.29, 1.82) is 0 Å². The Morgan fingerprint density at radius 3 is 2.57 bits per heavy atom. The van der Waals surface area contributed by atoms with Gasteiger partial charge in [0.05, 0.1) is 17.4 Å². The van der Waals surface area contributed by atoms with Crippen LogP contribution in [-0.2, 0) is 17.8 Å². The van der Waals surface area contributed by atoms with Gasteiger partial charge >= 0.3 is 0 Å². The Morgan fingerprint density at radius 2 is 1.77 bits per heavy atom. The van der Waals surface area contributed by atoms with Crippen LogP contribution in [0.3, 0.4) is 0 Å². The fourth-order valence-electron chi connectivity index (χ4n) is 6.27. The normalized spacial score (nSPS) is 15.7. The summed E-state index contributed by atoms with van der Waals surface area (Å²) in [6.07, 6.45) is 1.64. The predicted molar refractivity (Wildman–Crippen MR) is 175 cm³/mol. The number of aromatic nitrogens is 4. The molecule has 2 aromatic heterocycles. The minimum Gasteiger partial charge on any atom is -0.366 e. The van der Waals surface area contributed by atoms with Crippen molar-refractivity contribution in [2.75, 3.05) is 37.6 Å². The second kappa shape index (κ2) is 13.0. The van der Waals surface area contributed by atoms with E-state index < -0.39 is 0 Å². The van der Waals surface area contributed by atoms with Crippen LogP contribution in [0.15, 0.2) is 77.6 Å². The third kappa shape index (κ3) is 6.38. The summed E-state index contributed by atoms with van der Waals surface area (Å²) in [7, 11) is 0. The van der Waals surface area contributed by atoms with Gasteiger partial charge in [0.1, 0.15) is 5.82 Å². The molecule has 3 heterocycles. The van der Waals surface area contributed by atoms with Crippen LogP contribution >= 0.6 is 0 Å². The fourth-order valence-corrected chi connectivity index (χ4v) is 6.27. The van der Waals surface area contributed by atoms with Crippen molar-refractivity contribution < 1.29 is 4.79 Å². The molecule has 1 saturated heterocycles. The number of hydrogen-bond acceptors (Lipinski definition) is 6. The van der Waals surface area contributed by atoms with E-state index in [1.165, 1.54) is 16.8 Å². The first-order valence-corrected chi connectivity index (χ1v) is 15.6. The van der Waals surface area contributed by atoms with Crippen LogP contribution in [0.2, 0.25) is 0 Å². The SMILES string of the molecule is Cc1ccc(Cn2c(=O)c3ccccc3n3c(CCC(=O)NCCCN4CCN(c5cccc(C)c5)C(C)C4)nnc23)cc1. The van der Waals surface area contributed by atoms with E-state index in [4.69, 9.17) is 0 Å². The van der Waals surface area contributed by atoms with Crippen LogP contribution in [0.5, 0.6) is 0 Å². The first-order valence-electron chi connectivity index (χ1n) is 15.6. The number of fused-ring (bicyclic) bond motifs is 3. The molecule has 1 fully saturated rings. The largest absolute Gasteiger partial charge is 0.366 e. The molecule has 0 aliphatic carbocycles. The molecule has 5 aromatic rings. The third-order valence-electron chi connectivity index (χ3n) is 8.63. The summed E-state index contributed by atoms with van der Waals surface area (Å²) in [6.45, 7) is 11.5. The number of carbonyl (C=O) groups excluding carboxylic acids is 1. The van der Waals surface area contributed by atoms with Gasteiger partial charge in [-0.3, -0.25) is 23.5 Å². The van der Waals surface area contributed by atoms with Gasteiger partial charge in [-0.05, 0) is 69.1 Å². The van der Waals surface area contributed by atoms with Gasteiger partial charge in [0, 0.05) is 50.7 Å². The molecule has 9 nitrogen and oxygen atoms in total. The number of nitrogens with one attached hydrogen (secondary N) is 1. The third-order valence-corrected chi connectivity index (χ3v) is 8.63. The highest BCUT2D eigenvalue weighted by molar-refractivity contribution is 5.80. The van der Waals surface area contributed by atoms with E-state index in [0.717, 1.165) is 43.7 Å². The number of hydrogen-bond donors (Lipinski definition) is 1. The average Bonchev–Trinajstić information content (AvgIpc) is 3.45. The van der Waals surface area contributed by atoms with E-state index in [0.29, 0.717) is 49.0 Å². The number of piperazine rings is 1. The van der Waals surface area contributed by atoms with Crippen LogP contribution in [0.1, 0.15) is 42.3 Å². The molecule has 1 aliphatic rings. The zero-order chi connectivity index (χ0) is 30.6. The van der Waals surface area contributed by atoms with Gasteiger partial charge in [-0.15, -0.1) is 10.2 Å². The molecular weight excluding hydrogens is 550 g/mol. The van der Waals surface area contributed by atoms with Crippen molar-refractivity contribution in [2.24, 2.45) is 0 Å². The summed E-state index contributed by atoms with van der Waals surface area (Å²) >= 11 is 0. The van der Waals surface area contributed by atoms with Crippen molar-refractivity contribution in [3.63, 3.8) is 0 Å². The van der Waals surface area contributed by atoms with Crippen LogP contribution in [0, 0.1) is 13.8 Å². The highest BCUT2D eigenvalue weighted by Crippen LogP contribution is 2.22. The maximum Gasteiger partial charge on any atom is 0.263 e. The van der Waals surface area contributed by atoms with E-state index in [2.05, 4.69) is 63.4 Å². The summed E-state index contributed by atoms with van der Waals surface area (Å²) in [6, 6.07) is 24.8. The Labute approximate surface area is 258 Å². The number of para-hydroxylation sites is 1. The molecule has 44 heavy (non-hydrogen) atoms. The average molecular weight is 592 g/mol. The maximum atomic E-state index is 13.5. The Kier molecular flexibility index (Phi) is 8.74. The Morgan fingerprint density at radius 1 is 0.955 bits per heavy atom. The van der Waals surface area contributed by atoms with E-state index in [1.54, 1.807) is 4.57 Å². The Bertz CT molecular complexity index is 1830. The number of anilines is 1. The van der Waals surface area contributed by atoms with Crippen LogP contribution in [0.4, 0.5) is 5.69 Å². The molecule has 6 rings (SSSR count). The first-order chi connectivity index (χ1) is 21.4. The standard InChI is InChI=1S/C35H41N7O2/c1-25-12-14-28(15-13-25)24-41-34(44)30-10-4-5-11-31(30)42-32(37-38-35(41)42)16-17-33(43)36-18-7-19-39-20-21-40(27(3)23-39)29-9-6-8-26(2)22-29/h4-6,8-15,22,27H,7,16-21,23-24H2,1-3H3,(H,36,43). The van der Waals surface area contributed by atoms with Crippen molar-refractivity contribution >= 4 is 28.3 Å². The molecule has 1 atom stereocenters. The lowest BCUT2D eigenvalue weighted by molar-refractivity contribution is -0.121. The van der Waals surface area contributed by atoms with Gasteiger partial charge in [-0.1, -0.05) is 54.1 Å². The summed E-state index contributed by atoms with van der Waals surface area (Å²) in [5.74, 6) is 1.16. The van der Waals surface area contributed by atoms with Gasteiger partial charge in [0.2, 0.25) is 11.7 Å². The van der Waals surface area contributed by atoms with Crippen LogP contribution in [-0.4, -0.2) is 68.7 Å². The summed E-state index contributed by atoms with van der Waals surface area (Å²) in [5.41, 5.74) is 5.42. The Hall–Kier alpha value is -4.50. The van der Waals surface area contributed by atoms with Crippen molar-refractivity contribution in [2.45, 2.75) is 52.6 Å². The monoisotopic (exact) mass is 591 g/mol. The zero-order valence-electron chi connectivity index (χ0n) is 25.9. The predicted octanol–water partition coefficient (Wildman–Crippen LogP) is 4.36. The van der Waals surface area contributed by atoms with E-state index in [-0.39, 0.29) is 11.5 Å². The molecule has 0 bridgehead atoms. The van der Waals surface area contributed by atoms with Crippen LogP contribution < -0.4 is 15.8 Å². The van der Waals surface area contributed by atoms with Gasteiger partial charge < -0.3 is 10.2 Å². The van der Waals surface area contributed by atoms with E-state index in [9.17, 15) is 9.59 Å². The molecule has 1 aliphatic heterocycles. The highest BCUT2D eigenvalue weighted by Gasteiger charge is 2.23.